The van der Waals surface area contributed by atoms with E-state index in [-0.39, 0.29) is 43.2 Å². The summed E-state index contributed by atoms with van der Waals surface area (Å²) in [6.45, 7) is 25.5. The van der Waals surface area contributed by atoms with Gasteiger partial charge in [0.05, 0.1) is 24.9 Å². The van der Waals surface area contributed by atoms with Gasteiger partial charge in [-0.25, -0.2) is 4.39 Å². The Morgan fingerprint density at radius 2 is 1.48 bits per heavy atom. The fourth-order valence-corrected chi connectivity index (χ4v) is 9.43. The maximum absolute atomic E-state index is 14.9. The van der Waals surface area contributed by atoms with Crippen LogP contribution in [0.5, 0.6) is 11.5 Å². The third-order valence-electron chi connectivity index (χ3n) is 11.0. The summed E-state index contributed by atoms with van der Waals surface area (Å²) in [5, 5.41) is 1.09. The van der Waals surface area contributed by atoms with Crippen LogP contribution >= 0.6 is 0 Å². The summed E-state index contributed by atoms with van der Waals surface area (Å²) in [7, 11) is -1.70. The van der Waals surface area contributed by atoms with E-state index in [1.54, 1.807) is 12.1 Å². The molecule has 2 aromatic heterocycles. The van der Waals surface area contributed by atoms with Crippen LogP contribution < -0.4 is 9.92 Å². The third-order valence-corrected chi connectivity index (χ3v) is 13.0. The summed E-state index contributed by atoms with van der Waals surface area (Å²) >= 11 is 0. The molecule has 1 aliphatic rings. The molecule has 4 nitrogen and oxygen atoms in total. The van der Waals surface area contributed by atoms with Gasteiger partial charge in [0.2, 0.25) is 0 Å². The molecule has 0 spiro atoms. The zero-order valence-electron chi connectivity index (χ0n) is 39.0. The molecule has 7 heteroatoms. The third kappa shape index (κ3) is 9.00. The minimum absolute atomic E-state index is 0. The Hall–Kier alpha value is -4.68. The van der Waals surface area contributed by atoms with Crippen molar-refractivity contribution in [3.05, 3.63) is 155 Å². The molecule has 0 fully saturated rings. The number of aromatic nitrogens is 3. The van der Waals surface area contributed by atoms with Gasteiger partial charge >= 0.3 is 0 Å². The molecule has 0 N–H and O–H groups in total. The Morgan fingerprint density at radius 1 is 0.833 bits per heavy atom. The van der Waals surface area contributed by atoms with Crippen LogP contribution in [0.3, 0.4) is 0 Å². The van der Waals surface area contributed by atoms with Crippen LogP contribution in [0.15, 0.2) is 109 Å². The number of fused-ring (bicyclic) bond motifs is 3. The van der Waals surface area contributed by atoms with Gasteiger partial charge in [-0.2, -0.15) is 0 Å². The minimum Gasteiger partial charge on any atom is -0.501 e. The largest absolute Gasteiger partial charge is 0.501 e. The molecule has 0 unspecified atom stereocenters. The van der Waals surface area contributed by atoms with Crippen LogP contribution in [0, 0.1) is 23.4 Å². The number of rotatable bonds is 7. The molecule has 0 saturated carbocycles. The first-order chi connectivity index (χ1) is 28.6. The Kier molecular flexibility index (Phi) is 12.2. The molecule has 0 saturated heterocycles. The molecule has 1 radical (unpaired) electrons. The number of benzene rings is 5. The van der Waals surface area contributed by atoms with Crippen LogP contribution in [-0.2, 0) is 31.9 Å². The standard InChI is InChI=1S/C34H32FN2O.C19H26NSi.Ir/c1-20(2)24-18-22(35)19-25(21(3)4)31(24)37-29-16-9-8-15-28(29)36-33(37)23-12-11-14-27-32(23)38-30-17-10-7-13-26(30)34(27,5)6;1-19(2,3)13-16-12-17(15-10-8-7-9-11-15)20-14-18(16)21(4,5)6;/h7-11,13-21H,1-6H3;7-10,12,14H,13H2,1-6H3;/q2*-1;/i;13D2;. The van der Waals surface area contributed by atoms with Gasteiger partial charge in [0, 0.05) is 51.5 Å². The van der Waals surface area contributed by atoms with Crippen molar-refractivity contribution in [2.75, 3.05) is 0 Å². The number of pyridine rings is 1. The minimum atomic E-state index is -1.70. The van der Waals surface area contributed by atoms with Gasteiger partial charge in [-0.3, -0.25) is 4.98 Å². The molecular weight excluding hydrogens is 934 g/mol. The fraction of sp³-hybridized carbons (Fsp3) is 0.321. The summed E-state index contributed by atoms with van der Waals surface area (Å²) in [5.41, 5.74) is 9.52. The van der Waals surface area contributed by atoms with E-state index in [1.807, 2.05) is 93.7 Å². The zero-order chi connectivity index (χ0) is 44.2. The number of nitrogens with zero attached hydrogens (tertiary/aromatic N) is 3. The molecule has 8 rings (SSSR count). The summed E-state index contributed by atoms with van der Waals surface area (Å²) in [6, 6.07) is 40.1. The average Bonchev–Trinajstić information content (AvgIpc) is 3.59. The maximum atomic E-state index is 14.9. The molecule has 60 heavy (non-hydrogen) atoms. The first-order valence-corrected chi connectivity index (χ1v) is 24.2. The number of imidazole rings is 1. The summed E-state index contributed by atoms with van der Waals surface area (Å²) in [5.74, 6) is 2.38. The van der Waals surface area contributed by atoms with Crippen molar-refractivity contribution in [1.82, 2.24) is 14.5 Å². The Bertz CT molecular complexity index is 2700. The predicted molar refractivity (Wildman–Crippen MR) is 247 cm³/mol. The van der Waals surface area contributed by atoms with Crippen molar-refractivity contribution in [3.63, 3.8) is 0 Å². The fourth-order valence-electron chi connectivity index (χ4n) is 8.04. The van der Waals surface area contributed by atoms with Gasteiger partial charge in [0.15, 0.2) is 0 Å². The van der Waals surface area contributed by atoms with E-state index in [0.717, 1.165) is 83.9 Å². The first-order valence-electron chi connectivity index (χ1n) is 21.7. The van der Waals surface area contributed by atoms with E-state index < -0.39 is 19.9 Å². The monoisotopic (exact) mass is 994 g/mol. The molecule has 3 heterocycles. The molecular formula is C53H58FIrN3OSi-2. The Morgan fingerprint density at radius 3 is 2.12 bits per heavy atom. The molecule has 1 aliphatic heterocycles. The average molecular weight is 994 g/mol. The van der Waals surface area contributed by atoms with E-state index >= 15 is 0 Å². The second-order valence-corrected chi connectivity index (χ2v) is 23.9. The maximum Gasteiger partial charge on any atom is 0.123 e. The van der Waals surface area contributed by atoms with Gasteiger partial charge in [0.1, 0.15) is 11.6 Å². The SMILES string of the molecule is CC(C)c1cc(F)cc(C(C)C)c1-n1c(-c2[c-]ccc3c2Oc2ccccc2C3(C)C)nc2ccccc21.[2H]C([2H])(c1cc(-c2[c-]cccc2)ncc1[Si](C)(C)C)C(C)(C)C.[Ir]. The number of hydrogen-bond acceptors (Lipinski definition) is 3. The second-order valence-electron chi connectivity index (χ2n) is 18.8. The van der Waals surface area contributed by atoms with E-state index in [2.05, 4.69) is 107 Å². The normalized spacial score (nSPS) is 14.0. The van der Waals surface area contributed by atoms with Gasteiger partial charge in [-0.15, -0.1) is 54.1 Å². The molecule has 313 valence electrons. The predicted octanol–water partition coefficient (Wildman–Crippen LogP) is 14.0. The Balaban J connectivity index is 0.000000230. The van der Waals surface area contributed by atoms with Gasteiger partial charge in [-0.1, -0.05) is 135 Å². The molecule has 7 aromatic rings. The van der Waals surface area contributed by atoms with Crippen molar-refractivity contribution in [1.29, 1.82) is 0 Å². The topological polar surface area (TPSA) is 39.9 Å². The van der Waals surface area contributed by atoms with Crippen LogP contribution in [0.1, 0.15) is 105 Å². The van der Waals surface area contributed by atoms with Crippen molar-refractivity contribution < 1.29 is 32.0 Å². The van der Waals surface area contributed by atoms with Crippen LogP contribution in [0.2, 0.25) is 19.6 Å². The van der Waals surface area contributed by atoms with E-state index in [1.165, 1.54) is 0 Å². The quantitative estimate of drug-likeness (QED) is 0.118. The zero-order valence-corrected chi connectivity index (χ0v) is 40.4. The number of halogens is 1. The van der Waals surface area contributed by atoms with Crippen molar-refractivity contribution in [2.24, 2.45) is 5.41 Å². The summed E-state index contributed by atoms with van der Waals surface area (Å²) in [6.07, 6.45) is 0.469. The molecule has 0 amide bonds. The van der Waals surface area contributed by atoms with Gasteiger partial charge < -0.3 is 14.3 Å². The van der Waals surface area contributed by atoms with E-state index in [9.17, 15) is 4.39 Å². The van der Waals surface area contributed by atoms with E-state index in [4.69, 9.17) is 12.5 Å². The second kappa shape index (κ2) is 17.4. The molecule has 0 bridgehead atoms. The van der Waals surface area contributed by atoms with Crippen molar-refractivity contribution in [2.45, 2.75) is 106 Å². The van der Waals surface area contributed by atoms with Gasteiger partial charge in [-0.05, 0) is 76.0 Å². The Labute approximate surface area is 374 Å². The number of ether oxygens (including phenoxy) is 1. The first kappa shape index (κ1) is 42.0. The molecule has 5 aromatic carbocycles. The number of hydrogen-bond donors (Lipinski definition) is 0. The summed E-state index contributed by atoms with van der Waals surface area (Å²) in [4.78, 5) is 9.76. The van der Waals surface area contributed by atoms with Crippen molar-refractivity contribution >= 4 is 24.3 Å². The van der Waals surface area contributed by atoms with Crippen molar-refractivity contribution in [3.8, 4) is 39.8 Å². The van der Waals surface area contributed by atoms with E-state index in [0.29, 0.717) is 0 Å². The molecule has 0 atom stereocenters. The number of para-hydroxylation sites is 3. The molecule has 0 aliphatic carbocycles. The van der Waals surface area contributed by atoms with Crippen LogP contribution in [0.25, 0.3) is 39.4 Å². The smallest absolute Gasteiger partial charge is 0.123 e. The summed E-state index contributed by atoms with van der Waals surface area (Å²) < 4.78 is 41.2. The van der Waals surface area contributed by atoms with Crippen LogP contribution in [-0.4, -0.2) is 22.6 Å². The van der Waals surface area contributed by atoms with Crippen LogP contribution in [0.4, 0.5) is 4.39 Å². The van der Waals surface area contributed by atoms with Gasteiger partial charge in [0.25, 0.3) is 0 Å².